The molecular weight excluding hydrogens is 181 g/mol. The van der Waals surface area contributed by atoms with E-state index >= 15 is 0 Å². The molecule has 12 heavy (non-hydrogen) atoms. The maximum absolute atomic E-state index is 10.5. The number of benzene rings is 1. The zero-order chi connectivity index (χ0) is 8.27. The molecule has 0 aromatic heterocycles. The Hall–Kier alpha value is -0.00364. The fourth-order valence-electron chi connectivity index (χ4n) is 0.807. The van der Waals surface area contributed by atoms with Gasteiger partial charge in [0.05, 0.1) is 5.91 Å². The quantitative estimate of drug-likeness (QED) is 0.426. The Morgan fingerprint density at radius 1 is 1.33 bits per heavy atom. The van der Waals surface area contributed by atoms with Crippen LogP contribution in [0.15, 0.2) is 24.3 Å². The van der Waals surface area contributed by atoms with E-state index < -0.39 is 5.91 Å². The molecule has 0 saturated heterocycles. The number of nitrogens with one attached hydrogen (secondary N) is 1. The van der Waals surface area contributed by atoms with E-state index in [1.807, 2.05) is 0 Å². The van der Waals surface area contributed by atoms with Crippen LogP contribution in [0.3, 0.4) is 0 Å². The van der Waals surface area contributed by atoms with Gasteiger partial charge in [-0.05, 0) is 0 Å². The fraction of sp³-hybridized carbons (Fsp3) is 0. The minimum Gasteiger partial charge on any atom is -0.664 e. The molecule has 0 heterocycles. The average Bonchev–Trinajstić information content (AvgIpc) is 2.04. The van der Waals surface area contributed by atoms with Crippen LogP contribution in [0.4, 0.5) is 0 Å². The summed E-state index contributed by atoms with van der Waals surface area (Å²) in [5.74, 6) is -0.826. The van der Waals surface area contributed by atoms with Gasteiger partial charge in [0.15, 0.2) is 6.29 Å². The first-order chi connectivity index (χ1) is 5.25. The van der Waals surface area contributed by atoms with Gasteiger partial charge in [-0.2, -0.15) is 0 Å². The number of carbonyl (C=O) groups excluding carboxylic acids is 2. The van der Waals surface area contributed by atoms with E-state index in [2.05, 4.69) is 0 Å². The molecule has 0 aliphatic rings. The van der Waals surface area contributed by atoms with Crippen molar-refractivity contribution in [3.63, 3.8) is 0 Å². The summed E-state index contributed by atoms with van der Waals surface area (Å²) < 4.78 is 0. The van der Waals surface area contributed by atoms with E-state index in [-0.39, 0.29) is 62.5 Å². The van der Waals surface area contributed by atoms with Crippen LogP contribution in [-0.2, 0) is 0 Å². The van der Waals surface area contributed by atoms with Crippen LogP contribution >= 0.6 is 0 Å². The Kier molecular flexibility index (Phi) is 5.61. The molecule has 56 valence electrons. The normalized spacial score (nSPS) is 8.33. The molecule has 1 aromatic carbocycles. The number of hydrogen-bond donors (Lipinski definition) is 0. The van der Waals surface area contributed by atoms with Crippen molar-refractivity contribution < 1.29 is 61.0 Å². The number of amides is 1. The summed E-state index contributed by atoms with van der Waals surface area (Å²) in [6.07, 6.45) is 0.571. The van der Waals surface area contributed by atoms with Crippen molar-refractivity contribution in [1.82, 2.24) is 0 Å². The number of carbonyl (C=O) groups is 2. The van der Waals surface area contributed by atoms with E-state index in [0.717, 1.165) is 0 Å². The van der Waals surface area contributed by atoms with Crippen LogP contribution in [0.1, 0.15) is 20.7 Å². The molecular formula is C8H6KNO2. The maximum Gasteiger partial charge on any atom is 1.00 e. The molecule has 0 radical (unpaired) electrons. The molecule has 0 bridgehead atoms. The SMILES string of the molecule is [K+].[NH-]C(=O)c1ccccc1C=O. The molecule has 1 rings (SSSR count). The van der Waals surface area contributed by atoms with E-state index in [9.17, 15) is 9.59 Å². The van der Waals surface area contributed by atoms with Crippen molar-refractivity contribution in [3.8, 4) is 0 Å². The first-order valence-electron chi connectivity index (χ1n) is 3.06. The minimum atomic E-state index is -0.826. The smallest absolute Gasteiger partial charge is 0.664 e. The summed E-state index contributed by atoms with van der Waals surface area (Å²) in [4.78, 5) is 20.8. The van der Waals surface area contributed by atoms with Crippen LogP contribution in [0.25, 0.3) is 5.73 Å². The molecule has 0 aliphatic heterocycles. The topological polar surface area (TPSA) is 57.9 Å². The third-order valence-electron chi connectivity index (χ3n) is 1.33. The van der Waals surface area contributed by atoms with Crippen molar-refractivity contribution in [1.29, 1.82) is 0 Å². The van der Waals surface area contributed by atoms with Gasteiger partial charge < -0.3 is 10.5 Å². The third-order valence-corrected chi connectivity index (χ3v) is 1.33. The number of rotatable bonds is 2. The molecule has 1 aromatic rings. The molecule has 0 atom stereocenters. The Balaban J connectivity index is 0.00000121. The molecule has 1 amide bonds. The van der Waals surface area contributed by atoms with Gasteiger partial charge in [-0.3, -0.25) is 4.79 Å². The molecule has 0 saturated carbocycles. The second-order valence-electron chi connectivity index (χ2n) is 2.03. The summed E-state index contributed by atoms with van der Waals surface area (Å²) in [5, 5.41) is 0. The molecule has 4 heteroatoms. The number of aldehydes is 1. The van der Waals surface area contributed by atoms with Crippen LogP contribution in [0.5, 0.6) is 0 Å². The van der Waals surface area contributed by atoms with Crippen molar-refractivity contribution in [2.75, 3.05) is 0 Å². The molecule has 0 aliphatic carbocycles. The molecule has 1 N–H and O–H groups in total. The van der Waals surface area contributed by atoms with Crippen LogP contribution in [0.2, 0.25) is 0 Å². The fourth-order valence-corrected chi connectivity index (χ4v) is 0.807. The Morgan fingerprint density at radius 2 is 1.92 bits per heavy atom. The van der Waals surface area contributed by atoms with Gasteiger partial charge in [-0.25, -0.2) is 0 Å². The standard InChI is InChI=1S/C8H7NO2.K/c9-8(11)7-4-2-1-3-6(7)5-10;/h1-5H,(H2,9,11);/q;+1/p-1. The van der Waals surface area contributed by atoms with Gasteiger partial charge in [-0.15, -0.1) is 0 Å². The maximum atomic E-state index is 10.5. The van der Waals surface area contributed by atoms with Gasteiger partial charge in [0.2, 0.25) is 0 Å². The van der Waals surface area contributed by atoms with E-state index in [4.69, 9.17) is 5.73 Å². The molecule has 0 fully saturated rings. The Morgan fingerprint density at radius 3 is 2.33 bits per heavy atom. The monoisotopic (exact) mass is 187 g/mol. The van der Waals surface area contributed by atoms with Crippen molar-refractivity contribution >= 4 is 12.2 Å². The second kappa shape index (κ2) is 5.61. The first-order valence-corrected chi connectivity index (χ1v) is 3.06. The van der Waals surface area contributed by atoms with Crippen molar-refractivity contribution in [2.24, 2.45) is 0 Å². The van der Waals surface area contributed by atoms with Gasteiger partial charge in [0.1, 0.15) is 0 Å². The van der Waals surface area contributed by atoms with Crippen molar-refractivity contribution in [3.05, 3.63) is 41.1 Å². The van der Waals surface area contributed by atoms with Gasteiger partial charge in [-0.1, -0.05) is 24.3 Å². The summed E-state index contributed by atoms with van der Waals surface area (Å²) >= 11 is 0. The summed E-state index contributed by atoms with van der Waals surface area (Å²) in [5.41, 5.74) is 7.19. The van der Waals surface area contributed by atoms with Crippen LogP contribution in [0, 0.1) is 0 Å². The first kappa shape index (κ1) is 12.0. The minimum absolute atomic E-state index is 0. The predicted molar refractivity (Wildman–Crippen MR) is 40.5 cm³/mol. The van der Waals surface area contributed by atoms with E-state index in [1.54, 1.807) is 12.1 Å². The molecule has 0 unspecified atom stereocenters. The van der Waals surface area contributed by atoms with Gasteiger partial charge >= 0.3 is 51.4 Å². The van der Waals surface area contributed by atoms with E-state index in [0.29, 0.717) is 6.29 Å². The molecule has 3 nitrogen and oxygen atoms in total. The van der Waals surface area contributed by atoms with Crippen LogP contribution < -0.4 is 51.4 Å². The number of hydrogen-bond acceptors (Lipinski definition) is 2. The third kappa shape index (κ3) is 2.80. The van der Waals surface area contributed by atoms with Crippen LogP contribution in [-0.4, -0.2) is 12.2 Å². The Bertz CT molecular complexity index is 299. The summed E-state index contributed by atoms with van der Waals surface area (Å²) in [6.45, 7) is 0. The zero-order valence-corrected chi connectivity index (χ0v) is 9.83. The predicted octanol–water partition coefficient (Wildman–Crippen LogP) is -1.30. The zero-order valence-electron chi connectivity index (χ0n) is 6.70. The summed E-state index contributed by atoms with van der Waals surface area (Å²) in [7, 11) is 0. The van der Waals surface area contributed by atoms with Gasteiger partial charge in [0, 0.05) is 11.1 Å². The molecule has 0 spiro atoms. The van der Waals surface area contributed by atoms with Gasteiger partial charge in [0.25, 0.3) is 0 Å². The van der Waals surface area contributed by atoms with Crippen molar-refractivity contribution in [2.45, 2.75) is 0 Å². The van der Waals surface area contributed by atoms with E-state index in [1.165, 1.54) is 12.1 Å². The second-order valence-corrected chi connectivity index (χ2v) is 2.03. The Labute approximate surface area is 113 Å². The average molecular weight is 187 g/mol. The summed E-state index contributed by atoms with van der Waals surface area (Å²) in [6, 6.07) is 6.23. The largest absolute Gasteiger partial charge is 1.00 e.